The van der Waals surface area contributed by atoms with Crippen molar-refractivity contribution in [3.63, 3.8) is 0 Å². The number of piperidine rings is 1. The van der Waals surface area contributed by atoms with Gasteiger partial charge in [-0.25, -0.2) is 0 Å². The summed E-state index contributed by atoms with van der Waals surface area (Å²) >= 11 is 6.08. The third-order valence-corrected chi connectivity index (χ3v) is 6.55. The normalized spacial score (nSPS) is 16.2. The molecule has 4 rings (SSSR count). The molecule has 2 aromatic carbocycles. The molecule has 0 spiro atoms. The number of imidazole rings is 1. The average Bonchev–Trinajstić information content (AvgIpc) is 3.25. The molecule has 1 saturated heterocycles. The molecular formula is C25H26ClF3N4O5. The Hall–Kier alpha value is -3.51. The molecule has 0 aliphatic carbocycles. The number of nitrogens with zero attached hydrogens (tertiary/aromatic N) is 4. The first kappa shape index (κ1) is 27.5. The molecule has 3 aromatic rings. The number of hydrogen-bond acceptors (Lipinski definition) is 7. The van der Waals surface area contributed by atoms with Gasteiger partial charge in [0.15, 0.2) is 6.23 Å². The van der Waals surface area contributed by atoms with Crippen LogP contribution in [0.5, 0.6) is 11.5 Å². The van der Waals surface area contributed by atoms with Gasteiger partial charge < -0.3 is 29.6 Å². The molecule has 204 valence electrons. The highest BCUT2D eigenvalue weighted by molar-refractivity contribution is 6.28. The standard InChI is InChI=1S/C25H26ClF3N4O5/c1-16(34)14-23(32-15-22(33(35)36)30-24(32)26)37-20-6-2-17(3-7-20)18-10-12-31(13-11-18)19-4-8-21(9-5-19)38-25(27,28)29/h2-9,15-16,18,23,34H,10-14H2,1H3. The van der Waals surface area contributed by atoms with Gasteiger partial charge in [0.05, 0.1) is 6.10 Å². The van der Waals surface area contributed by atoms with Gasteiger partial charge in [0.2, 0.25) is 0 Å². The van der Waals surface area contributed by atoms with Gasteiger partial charge in [0.25, 0.3) is 0 Å². The predicted molar refractivity (Wildman–Crippen MR) is 134 cm³/mol. The zero-order valence-electron chi connectivity index (χ0n) is 20.3. The Morgan fingerprint density at radius 2 is 1.74 bits per heavy atom. The van der Waals surface area contributed by atoms with Crippen molar-refractivity contribution in [2.75, 3.05) is 18.0 Å². The number of ether oxygens (including phenoxy) is 2. The number of alkyl halides is 3. The Morgan fingerprint density at radius 3 is 2.26 bits per heavy atom. The summed E-state index contributed by atoms with van der Waals surface area (Å²) in [6.45, 7) is 3.07. The fourth-order valence-electron chi connectivity index (χ4n) is 4.46. The number of aliphatic hydroxyl groups excluding tert-OH is 1. The molecule has 2 atom stereocenters. The minimum atomic E-state index is -4.72. The Kier molecular flexibility index (Phi) is 8.32. The molecule has 0 saturated carbocycles. The van der Waals surface area contributed by atoms with E-state index in [1.807, 2.05) is 12.1 Å². The van der Waals surface area contributed by atoms with Crippen molar-refractivity contribution in [2.45, 2.75) is 50.8 Å². The van der Waals surface area contributed by atoms with Crippen LogP contribution in [-0.2, 0) is 0 Å². The molecule has 9 nitrogen and oxygen atoms in total. The number of rotatable bonds is 9. The van der Waals surface area contributed by atoms with Crippen LogP contribution in [0.3, 0.4) is 0 Å². The minimum absolute atomic E-state index is 0.117. The molecular weight excluding hydrogens is 529 g/mol. The molecule has 1 N–H and O–H groups in total. The average molecular weight is 555 g/mol. The number of hydrogen-bond donors (Lipinski definition) is 1. The molecule has 0 amide bonds. The van der Waals surface area contributed by atoms with E-state index in [0.717, 1.165) is 37.2 Å². The van der Waals surface area contributed by atoms with Gasteiger partial charge in [-0.15, -0.1) is 13.2 Å². The maximum Gasteiger partial charge on any atom is 0.573 e. The topological polar surface area (TPSA) is 103 Å². The number of aromatic nitrogens is 2. The highest BCUT2D eigenvalue weighted by atomic mass is 35.5. The second-order valence-electron chi connectivity index (χ2n) is 9.06. The largest absolute Gasteiger partial charge is 0.573 e. The molecule has 1 aliphatic rings. The highest BCUT2D eigenvalue weighted by Crippen LogP contribution is 2.34. The molecule has 1 aliphatic heterocycles. The second-order valence-corrected chi connectivity index (χ2v) is 9.40. The Bertz CT molecular complexity index is 1230. The third-order valence-electron chi connectivity index (χ3n) is 6.27. The summed E-state index contributed by atoms with van der Waals surface area (Å²) in [5.74, 6) is 0.140. The summed E-state index contributed by atoms with van der Waals surface area (Å²) in [6, 6.07) is 13.4. The van der Waals surface area contributed by atoms with Crippen LogP contribution < -0.4 is 14.4 Å². The van der Waals surface area contributed by atoms with E-state index in [9.17, 15) is 28.4 Å². The summed E-state index contributed by atoms with van der Waals surface area (Å²) in [5, 5.41) is 20.8. The zero-order valence-corrected chi connectivity index (χ0v) is 21.1. The number of nitro groups is 1. The van der Waals surface area contributed by atoms with Crippen LogP contribution in [0.15, 0.2) is 54.7 Å². The summed E-state index contributed by atoms with van der Waals surface area (Å²) < 4.78 is 48.4. The Labute approximate surface area is 221 Å². The van der Waals surface area contributed by atoms with E-state index < -0.39 is 29.4 Å². The van der Waals surface area contributed by atoms with Crippen LogP contribution in [0.1, 0.15) is 43.9 Å². The molecule has 13 heteroatoms. The number of aliphatic hydroxyl groups is 1. The first-order valence-corrected chi connectivity index (χ1v) is 12.3. The summed E-state index contributed by atoms with van der Waals surface area (Å²) in [5.41, 5.74) is 1.96. The van der Waals surface area contributed by atoms with Crippen LogP contribution in [-0.4, -0.2) is 45.1 Å². The van der Waals surface area contributed by atoms with E-state index in [4.69, 9.17) is 16.3 Å². The van der Waals surface area contributed by atoms with Crippen molar-refractivity contribution in [2.24, 2.45) is 0 Å². The lowest BCUT2D eigenvalue weighted by atomic mass is 9.89. The van der Waals surface area contributed by atoms with Crippen LogP contribution >= 0.6 is 11.6 Å². The maximum absolute atomic E-state index is 12.4. The number of anilines is 1. The van der Waals surface area contributed by atoms with Gasteiger partial charge in [-0.1, -0.05) is 12.1 Å². The molecule has 1 aromatic heterocycles. The third kappa shape index (κ3) is 7.07. The van der Waals surface area contributed by atoms with Crippen LogP contribution in [0.2, 0.25) is 5.28 Å². The van der Waals surface area contributed by atoms with Crippen LogP contribution in [0, 0.1) is 10.1 Å². The first-order chi connectivity index (χ1) is 18.0. The second kappa shape index (κ2) is 11.5. The van der Waals surface area contributed by atoms with Crippen molar-refractivity contribution in [1.82, 2.24) is 9.55 Å². The molecule has 38 heavy (non-hydrogen) atoms. The summed E-state index contributed by atoms with van der Waals surface area (Å²) in [4.78, 5) is 16.2. The van der Waals surface area contributed by atoms with Crippen molar-refractivity contribution in [1.29, 1.82) is 0 Å². The van der Waals surface area contributed by atoms with E-state index >= 15 is 0 Å². The SMILES string of the molecule is CC(O)CC(Oc1ccc(C2CCN(c3ccc(OC(F)(F)F)cc3)CC2)cc1)n1cc([N+](=O)[O-])nc1Cl. The Morgan fingerprint density at radius 1 is 1.13 bits per heavy atom. The lowest BCUT2D eigenvalue weighted by molar-refractivity contribution is -0.389. The lowest BCUT2D eigenvalue weighted by Crippen LogP contribution is -2.32. The van der Waals surface area contributed by atoms with E-state index in [1.54, 1.807) is 31.2 Å². The van der Waals surface area contributed by atoms with Crippen molar-refractivity contribution in [3.05, 3.63) is 75.7 Å². The predicted octanol–water partition coefficient (Wildman–Crippen LogP) is 6.08. The van der Waals surface area contributed by atoms with Gasteiger partial charge in [-0.3, -0.25) is 4.57 Å². The fourth-order valence-corrected chi connectivity index (χ4v) is 4.71. The van der Waals surface area contributed by atoms with E-state index in [1.165, 1.54) is 22.9 Å². The summed E-state index contributed by atoms with van der Waals surface area (Å²) in [7, 11) is 0. The number of halogens is 4. The quantitative estimate of drug-likeness (QED) is 0.253. The number of benzene rings is 2. The van der Waals surface area contributed by atoms with Gasteiger partial charge in [-0.05, 0) is 89.2 Å². The summed E-state index contributed by atoms with van der Waals surface area (Å²) in [6.07, 6.45) is -3.24. The van der Waals surface area contributed by atoms with Gasteiger partial charge in [0, 0.05) is 25.2 Å². The molecule has 2 unspecified atom stereocenters. The van der Waals surface area contributed by atoms with E-state index in [-0.39, 0.29) is 17.5 Å². The maximum atomic E-state index is 12.4. The van der Waals surface area contributed by atoms with Gasteiger partial charge in [0.1, 0.15) is 17.7 Å². The lowest BCUT2D eigenvalue weighted by Gasteiger charge is -2.34. The molecule has 2 heterocycles. The van der Waals surface area contributed by atoms with E-state index in [0.29, 0.717) is 11.7 Å². The van der Waals surface area contributed by atoms with Crippen molar-refractivity contribution in [3.8, 4) is 11.5 Å². The highest BCUT2D eigenvalue weighted by Gasteiger charge is 2.31. The molecule has 1 fully saturated rings. The molecule has 0 radical (unpaired) electrons. The Balaban J connectivity index is 1.37. The fraction of sp³-hybridized carbons (Fsp3) is 0.400. The van der Waals surface area contributed by atoms with Crippen molar-refractivity contribution >= 4 is 23.1 Å². The van der Waals surface area contributed by atoms with Gasteiger partial charge >= 0.3 is 17.5 Å². The van der Waals surface area contributed by atoms with E-state index in [2.05, 4.69) is 14.6 Å². The zero-order chi connectivity index (χ0) is 27.4. The first-order valence-electron chi connectivity index (χ1n) is 11.9. The monoisotopic (exact) mass is 554 g/mol. The minimum Gasteiger partial charge on any atom is -0.470 e. The van der Waals surface area contributed by atoms with Crippen LogP contribution in [0.4, 0.5) is 24.7 Å². The van der Waals surface area contributed by atoms with Gasteiger partial charge in [-0.2, -0.15) is 0 Å². The smallest absolute Gasteiger partial charge is 0.470 e. The van der Waals surface area contributed by atoms with Crippen LogP contribution in [0.25, 0.3) is 0 Å². The molecule has 0 bridgehead atoms. The van der Waals surface area contributed by atoms with Crippen molar-refractivity contribution < 1.29 is 32.7 Å².